The average Bonchev–Trinajstić information content (AvgIpc) is 2.35. The lowest BCUT2D eigenvalue weighted by Crippen LogP contribution is -2.53. The molecule has 0 aromatic heterocycles. The lowest BCUT2D eigenvalue weighted by molar-refractivity contribution is -0.138. The molecule has 0 saturated carbocycles. The fourth-order valence-corrected chi connectivity index (χ4v) is 1.82. The summed E-state index contributed by atoms with van der Waals surface area (Å²) in [4.78, 5) is 26.0. The fraction of sp³-hybridized carbons (Fsp3) is 0.833. The van der Waals surface area contributed by atoms with Crippen molar-refractivity contribution in [3.05, 3.63) is 0 Å². The number of nitrogens with one attached hydrogen (secondary N) is 1. The van der Waals surface area contributed by atoms with Crippen molar-refractivity contribution in [1.82, 2.24) is 15.1 Å². The van der Waals surface area contributed by atoms with Gasteiger partial charge in [-0.05, 0) is 5.92 Å². The molecule has 0 aromatic carbocycles. The second kappa shape index (κ2) is 7.20. The van der Waals surface area contributed by atoms with Gasteiger partial charge in [0.1, 0.15) is 0 Å². The maximum absolute atomic E-state index is 11.8. The van der Waals surface area contributed by atoms with E-state index in [1.54, 1.807) is 4.90 Å². The van der Waals surface area contributed by atoms with Crippen LogP contribution in [0.2, 0.25) is 0 Å². The predicted molar refractivity (Wildman–Crippen MR) is 68.5 cm³/mol. The van der Waals surface area contributed by atoms with E-state index < -0.39 is 5.97 Å². The Morgan fingerprint density at radius 3 is 2.39 bits per heavy atom. The van der Waals surface area contributed by atoms with E-state index in [0.29, 0.717) is 38.6 Å². The monoisotopic (exact) mass is 257 g/mol. The molecule has 104 valence electrons. The van der Waals surface area contributed by atoms with Gasteiger partial charge >= 0.3 is 12.0 Å². The number of rotatable bonds is 5. The first-order valence-electron chi connectivity index (χ1n) is 6.49. The number of aliphatic carboxylic acids is 1. The zero-order valence-corrected chi connectivity index (χ0v) is 11.2. The summed E-state index contributed by atoms with van der Waals surface area (Å²) in [6.07, 6.45) is 1.05. The van der Waals surface area contributed by atoms with E-state index in [0.717, 1.165) is 6.42 Å². The van der Waals surface area contributed by atoms with Crippen LogP contribution in [0.1, 0.15) is 20.3 Å². The van der Waals surface area contributed by atoms with Crippen LogP contribution in [0.15, 0.2) is 0 Å². The molecule has 1 saturated heterocycles. The van der Waals surface area contributed by atoms with Gasteiger partial charge < -0.3 is 15.3 Å². The van der Waals surface area contributed by atoms with Crippen molar-refractivity contribution in [3.8, 4) is 0 Å². The highest BCUT2D eigenvalue weighted by Crippen LogP contribution is 2.03. The standard InChI is InChI=1S/C12H23N3O3/c1-3-10(2)8-13-12(18)15-6-4-14(5-7-15)9-11(16)17/h10H,3-9H2,1-2H3,(H,13,18)(H,16,17). The van der Waals surface area contributed by atoms with Crippen LogP contribution in [-0.2, 0) is 4.79 Å². The number of carboxylic acids is 1. The van der Waals surface area contributed by atoms with E-state index in [-0.39, 0.29) is 12.6 Å². The maximum atomic E-state index is 11.8. The van der Waals surface area contributed by atoms with Crippen LogP contribution in [0.5, 0.6) is 0 Å². The first-order chi connectivity index (χ1) is 8.52. The summed E-state index contributed by atoms with van der Waals surface area (Å²) in [5.74, 6) is -0.327. The Labute approximate surface area is 108 Å². The van der Waals surface area contributed by atoms with E-state index in [2.05, 4.69) is 19.2 Å². The van der Waals surface area contributed by atoms with Gasteiger partial charge in [-0.25, -0.2) is 4.79 Å². The molecular formula is C12H23N3O3. The summed E-state index contributed by atoms with van der Waals surface area (Å²) in [5.41, 5.74) is 0. The van der Waals surface area contributed by atoms with Crippen molar-refractivity contribution in [2.75, 3.05) is 39.3 Å². The van der Waals surface area contributed by atoms with Crippen LogP contribution in [0.25, 0.3) is 0 Å². The first kappa shape index (κ1) is 14.8. The molecule has 2 amide bonds. The Balaban J connectivity index is 2.25. The highest BCUT2D eigenvalue weighted by molar-refractivity contribution is 5.74. The van der Waals surface area contributed by atoms with Crippen LogP contribution in [0.3, 0.4) is 0 Å². The van der Waals surface area contributed by atoms with Crippen molar-refractivity contribution in [2.24, 2.45) is 5.92 Å². The summed E-state index contributed by atoms with van der Waals surface area (Å²) in [6, 6.07) is -0.0368. The number of carboxylic acid groups (broad SMARTS) is 1. The fourth-order valence-electron chi connectivity index (χ4n) is 1.82. The molecule has 1 rings (SSSR count). The van der Waals surface area contributed by atoms with Gasteiger partial charge in [-0.1, -0.05) is 20.3 Å². The molecule has 1 atom stereocenters. The summed E-state index contributed by atoms with van der Waals surface area (Å²) in [5, 5.41) is 11.6. The van der Waals surface area contributed by atoms with Gasteiger partial charge in [-0.3, -0.25) is 9.69 Å². The SMILES string of the molecule is CCC(C)CNC(=O)N1CCN(CC(=O)O)CC1. The van der Waals surface area contributed by atoms with Gasteiger partial charge in [0.25, 0.3) is 0 Å². The summed E-state index contributed by atoms with van der Waals surface area (Å²) in [7, 11) is 0. The number of nitrogens with zero attached hydrogens (tertiary/aromatic N) is 2. The van der Waals surface area contributed by atoms with Crippen molar-refractivity contribution in [1.29, 1.82) is 0 Å². The molecule has 1 aliphatic heterocycles. The van der Waals surface area contributed by atoms with E-state index >= 15 is 0 Å². The largest absolute Gasteiger partial charge is 0.480 e. The van der Waals surface area contributed by atoms with Crippen molar-refractivity contribution in [3.63, 3.8) is 0 Å². The van der Waals surface area contributed by atoms with Gasteiger partial charge in [0.15, 0.2) is 0 Å². The minimum atomic E-state index is -0.815. The lowest BCUT2D eigenvalue weighted by atomic mass is 10.1. The van der Waals surface area contributed by atoms with Gasteiger partial charge in [0.2, 0.25) is 0 Å². The molecule has 18 heavy (non-hydrogen) atoms. The Bertz CT molecular complexity index is 288. The number of urea groups is 1. The Morgan fingerprint density at radius 1 is 1.28 bits per heavy atom. The van der Waals surface area contributed by atoms with Crippen LogP contribution >= 0.6 is 0 Å². The average molecular weight is 257 g/mol. The molecule has 2 N–H and O–H groups in total. The molecular weight excluding hydrogens is 234 g/mol. The minimum Gasteiger partial charge on any atom is -0.480 e. The minimum absolute atomic E-state index is 0.0368. The highest BCUT2D eigenvalue weighted by Gasteiger charge is 2.22. The number of carbonyl (C=O) groups is 2. The topological polar surface area (TPSA) is 72.9 Å². The first-order valence-corrected chi connectivity index (χ1v) is 6.49. The molecule has 0 radical (unpaired) electrons. The Kier molecular flexibility index (Phi) is 5.91. The van der Waals surface area contributed by atoms with E-state index in [9.17, 15) is 9.59 Å². The van der Waals surface area contributed by atoms with Crippen LogP contribution in [0, 0.1) is 5.92 Å². The molecule has 6 heteroatoms. The van der Waals surface area contributed by atoms with Crippen LogP contribution in [-0.4, -0.2) is 66.2 Å². The normalized spacial score (nSPS) is 18.4. The number of carbonyl (C=O) groups excluding carboxylic acids is 1. The van der Waals surface area contributed by atoms with Gasteiger partial charge in [-0.2, -0.15) is 0 Å². The second-order valence-electron chi connectivity index (χ2n) is 4.86. The van der Waals surface area contributed by atoms with Crippen LogP contribution in [0.4, 0.5) is 4.79 Å². The molecule has 0 aliphatic carbocycles. The zero-order chi connectivity index (χ0) is 13.5. The lowest BCUT2D eigenvalue weighted by Gasteiger charge is -2.33. The highest BCUT2D eigenvalue weighted by atomic mass is 16.4. The maximum Gasteiger partial charge on any atom is 0.317 e. The van der Waals surface area contributed by atoms with Crippen molar-refractivity contribution in [2.45, 2.75) is 20.3 Å². The third-order valence-electron chi connectivity index (χ3n) is 3.32. The molecule has 0 bridgehead atoms. The summed E-state index contributed by atoms with van der Waals surface area (Å²) >= 11 is 0. The van der Waals surface area contributed by atoms with Gasteiger partial charge in [0.05, 0.1) is 6.54 Å². The molecule has 6 nitrogen and oxygen atoms in total. The van der Waals surface area contributed by atoms with Crippen molar-refractivity contribution < 1.29 is 14.7 Å². The summed E-state index contributed by atoms with van der Waals surface area (Å²) < 4.78 is 0. The molecule has 1 fully saturated rings. The molecule has 1 unspecified atom stereocenters. The third-order valence-corrected chi connectivity index (χ3v) is 3.32. The number of piperazine rings is 1. The van der Waals surface area contributed by atoms with E-state index in [4.69, 9.17) is 5.11 Å². The number of hydrogen-bond donors (Lipinski definition) is 2. The quantitative estimate of drug-likeness (QED) is 0.750. The van der Waals surface area contributed by atoms with Gasteiger partial charge in [0, 0.05) is 32.7 Å². The smallest absolute Gasteiger partial charge is 0.317 e. The second-order valence-corrected chi connectivity index (χ2v) is 4.86. The third kappa shape index (κ3) is 4.91. The van der Waals surface area contributed by atoms with E-state index in [1.807, 2.05) is 4.90 Å². The van der Waals surface area contributed by atoms with Crippen molar-refractivity contribution >= 4 is 12.0 Å². The van der Waals surface area contributed by atoms with Gasteiger partial charge in [-0.15, -0.1) is 0 Å². The predicted octanol–water partition coefficient (Wildman–Crippen LogP) is 0.444. The molecule has 0 aromatic rings. The Morgan fingerprint density at radius 2 is 1.89 bits per heavy atom. The van der Waals surface area contributed by atoms with Crippen LogP contribution < -0.4 is 5.32 Å². The zero-order valence-electron chi connectivity index (χ0n) is 11.2. The Hall–Kier alpha value is -1.30. The molecule has 0 spiro atoms. The number of amides is 2. The molecule has 1 aliphatic rings. The van der Waals surface area contributed by atoms with E-state index in [1.165, 1.54) is 0 Å². The summed E-state index contributed by atoms with van der Waals surface area (Å²) in [6.45, 7) is 7.41. The molecule has 1 heterocycles. The number of hydrogen-bond acceptors (Lipinski definition) is 3.